The Morgan fingerprint density at radius 1 is 1.33 bits per heavy atom. The standard InChI is InChI=1S/C18H23NO5/c20-17(6-9-23-12-16-2-1-8-24-16)19-7-5-13-3-4-14(18(21)22)10-15(13)11-19/h3-4,10,16H,1-2,5-9,11-12H2,(H,21,22). The number of carboxylic acid groups (broad SMARTS) is 1. The van der Waals surface area contributed by atoms with Crippen LogP contribution in [0.2, 0.25) is 0 Å². The molecule has 130 valence electrons. The van der Waals surface area contributed by atoms with Crippen LogP contribution in [0, 0.1) is 0 Å². The van der Waals surface area contributed by atoms with Crippen LogP contribution in [0.15, 0.2) is 18.2 Å². The van der Waals surface area contributed by atoms with Crippen LogP contribution in [0.1, 0.15) is 40.7 Å². The highest BCUT2D eigenvalue weighted by molar-refractivity contribution is 5.88. The number of nitrogens with zero attached hydrogens (tertiary/aromatic N) is 1. The van der Waals surface area contributed by atoms with Crippen LogP contribution in [0.4, 0.5) is 0 Å². The predicted molar refractivity (Wildman–Crippen MR) is 86.9 cm³/mol. The van der Waals surface area contributed by atoms with E-state index >= 15 is 0 Å². The maximum Gasteiger partial charge on any atom is 0.335 e. The summed E-state index contributed by atoms with van der Waals surface area (Å²) in [4.78, 5) is 25.2. The van der Waals surface area contributed by atoms with E-state index in [-0.39, 0.29) is 17.6 Å². The Morgan fingerprint density at radius 2 is 2.21 bits per heavy atom. The minimum Gasteiger partial charge on any atom is -0.478 e. The van der Waals surface area contributed by atoms with Gasteiger partial charge in [0.2, 0.25) is 5.91 Å². The first-order valence-electron chi connectivity index (χ1n) is 8.45. The largest absolute Gasteiger partial charge is 0.478 e. The molecule has 24 heavy (non-hydrogen) atoms. The van der Waals surface area contributed by atoms with Gasteiger partial charge in [0, 0.05) is 19.7 Å². The van der Waals surface area contributed by atoms with Gasteiger partial charge in [0.1, 0.15) is 0 Å². The molecule has 2 aliphatic heterocycles. The number of carbonyl (C=O) groups excluding carboxylic acids is 1. The normalized spacial score (nSPS) is 20.0. The SMILES string of the molecule is O=C(O)c1ccc2c(c1)CN(C(=O)CCOCC1CCCO1)CC2. The molecule has 1 atom stereocenters. The van der Waals surface area contributed by atoms with Crippen molar-refractivity contribution in [3.05, 3.63) is 34.9 Å². The number of benzene rings is 1. The summed E-state index contributed by atoms with van der Waals surface area (Å²) in [5, 5.41) is 9.09. The number of hydrogen-bond donors (Lipinski definition) is 1. The third kappa shape index (κ3) is 4.13. The van der Waals surface area contributed by atoms with Crippen molar-refractivity contribution in [1.82, 2.24) is 4.90 Å². The second-order valence-corrected chi connectivity index (χ2v) is 6.31. The van der Waals surface area contributed by atoms with Crippen LogP contribution >= 0.6 is 0 Å². The topological polar surface area (TPSA) is 76.1 Å². The zero-order chi connectivity index (χ0) is 16.9. The molecule has 1 saturated heterocycles. The zero-order valence-corrected chi connectivity index (χ0v) is 13.7. The first-order chi connectivity index (χ1) is 11.6. The smallest absolute Gasteiger partial charge is 0.335 e. The second kappa shape index (κ2) is 7.77. The maximum atomic E-state index is 12.3. The lowest BCUT2D eigenvalue weighted by Gasteiger charge is -2.29. The predicted octanol–water partition coefficient (Wildman–Crippen LogP) is 1.86. The monoisotopic (exact) mass is 333 g/mol. The fraction of sp³-hybridized carbons (Fsp3) is 0.556. The molecule has 0 saturated carbocycles. The van der Waals surface area contributed by atoms with Crippen LogP contribution in [0.5, 0.6) is 0 Å². The zero-order valence-electron chi connectivity index (χ0n) is 13.7. The average molecular weight is 333 g/mol. The van der Waals surface area contributed by atoms with E-state index in [1.54, 1.807) is 17.0 Å². The Morgan fingerprint density at radius 3 is 2.96 bits per heavy atom. The molecule has 1 fully saturated rings. The van der Waals surface area contributed by atoms with Gasteiger partial charge in [0.15, 0.2) is 0 Å². The average Bonchev–Trinajstić information content (AvgIpc) is 3.11. The van der Waals surface area contributed by atoms with E-state index in [0.717, 1.165) is 37.0 Å². The molecule has 6 heteroatoms. The van der Waals surface area contributed by atoms with Crippen molar-refractivity contribution in [2.45, 2.75) is 38.3 Å². The molecule has 0 spiro atoms. The summed E-state index contributed by atoms with van der Waals surface area (Å²) in [7, 11) is 0. The molecule has 1 N–H and O–H groups in total. The summed E-state index contributed by atoms with van der Waals surface area (Å²) in [6.07, 6.45) is 3.40. The van der Waals surface area contributed by atoms with Crippen molar-refractivity contribution in [2.24, 2.45) is 0 Å². The minimum atomic E-state index is -0.941. The molecule has 0 aliphatic carbocycles. The van der Waals surface area contributed by atoms with Crippen molar-refractivity contribution in [2.75, 3.05) is 26.4 Å². The van der Waals surface area contributed by atoms with E-state index in [2.05, 4.69) is 0 Å². The summed E-state index contributed by atoms with van der Waals surface area (Å²) in [6, 6.07) is 5.15. The molecule has 0 bridgehead atoms. The molecule has 3 rings (SSSR count). The number of amides is 1. The third-order valence-corrected chi connectivity index (χ3v) is 4.61. The van der Waals surface area contributed by atoms with Gasteiger partial charge in [-0.15, -0.1) is 0 Å². The number of rotatable bonds is 6. The fourth-order valence-electron chi connectivity index (χ4n) is 3.21. The lowest BCUT2D eigenvalue weighted by atomic mass is 9.97. The number of carbonyl (C=O) groups is 2. The second-order valence-electron chi connectivity index (χ2n) is 6.31. The van der Waals surface area contributed by atoms with Gasteiger partial charge < -0.3 is 19.5 Å². The van der Waals surface area contributed by atoms with Gasteiger partial charge in [-0.25, -0.2) is 4.79 Å². The number of fused-ring (bicyclic) bond motifs is 1. The quantitative estimate of drug-likeness (QED) is 0.804. The van der Waals surface area contributed by atoms with Gasteiger partial charge in [-0.2, -0.15) is 0 Å². The molecular formula is C18H23NO5. The summed E-state index contributed by atoms with van der Waals surface area (Å²) in [5.41, 5.74) is 2.32. The molecule has 0 radical (unpaired) electrons. The third-order valence-electron chi connectivity index (χ3n) is 4.61. The van der Waals surface area contributed by atoms with Crippen LogP contribution < -0.4 is 0 Å². The Kier molecular flexibility index (Phi) is 5.48. The number of carboxylic acids is 1. The lowest BCUT2D eigenvalue weighted by molar-refractivity contribution is -0.133. The molecular weight excluding hydrogens is 310 g/mol. The maximum absolute atomic E-state index is 12.3. The van der Waals surface area contributed by atoms with Crippen LogP contribution in [-0.4, -0.2) is 54.4 Å². The van der Waals surface area contributed by atoms with Crippen molar-refractivity contribution in [3.63, 3.8) is 0 Å². The van der Waals surface area contributed by atoms with Gasteiger partial charge in [0.25, 0.3) is 0 Å². The van der Waals surface area contributed by atoms with Crippen molar-refractivity contribution < 1.29 is 24.2 Å². The molecule has 2 heterocycles. The van der Waals surface area contributed by atoms with E-state index in [1.165, 1.54) is 0 Å². The summed E-state index contributed by atoms with van der Waals surface area (Å²) < 4.78 is 11.0. The first-order valence-corrected chi connectivity index (χ1v) is 8.45. The first kappa shape index (κ1) is 16.9. The summed E-state index contributed by atoms with van der Waals surface area (Å²) in [5.74, 6) is -0.891. The highest BCUT2D eigenvalue weighted by atomic mass is 16.5. The van der Waals surface area contributed by atoms with E-state index in [4.69, 9.17) is 14.6 Å². The Bertz CT molecular complexity index is 609. The highest BCUT2D eigenvalue weighted by Crippen LogP contribution is 2.21. The Hall–Kier alpha value is -1.92. The van der Waals surface area contributed by atoms with Crippen molar-refractivity contribution >= 4 is 11.9 Å². The molecule has 2 aliphatic rings. The molecule has 0 aromatic heterocycles. The number of aromatic carboxylic acids is 1. The van der Waals surface area contributed by atoms with Gasteiger partial charge in [0.05, 0.1) is 31.3 Å². The van der Waals surface area contributed by atoms with Gasteiger partial charge in [-0.3, -0.25) is 4.79 Å². The molecule has 1 aromatic rings. The van der Waals surface area contributed by atoms with E-state index in [0.29, 0.717) is 32.7 Å². The van der Waals surface area contributed by atoms with E-state index in [9.17, 15) is 9.59 Å². The Labute approximate surface area is 141 Å². The van der Waals surface area contributed by atoms with Crippen molar-refractivity contribution in [1.29, 1.82) is 0 Å². The fourth-order valence-corrected chi connectivity index (χ4v) is 3.21. The van der Waals surface area contributed by atoms with Crippen molar-refractivity contribution in [3.8, 4) is 0 Å². The van der Waals surface area contributed by atoms with Gasteiger partial charge in [-0.1, -0.05) is 6.07 Å². The van der Waals surface area contributed by atoms with Gasteiger partial charge >= 0.3 is 5.97 Å². The summed E-state index contributed by atoms with van der Waals surface area (Å²) in [6.45, 7) is 2.90. The van der Waals surface area contributed by atoms with Crippen LogP contribution in [0.25, 0.3) is 0 Å². The Balaban J connectivity index is 1.47. The molecule has 1 unspecified atom stereocenters. The van der Waals surface area contributed by atoms with E-state index < -0.39 is 5.97 Å². The molecule has 6 nitrogen and oxygen atoms in total. The number of hydrogen-bond acceptors (Lipinski definition) is 4. The number of ether oxygens (including phenoxy) is 2. The molecule has 1 amide bonds. The van der Waals surface area contributed by atoms with Gasteiger partial charge in [-0.05, 0) is 42.5 Å². The lowest BCUT2D eigenvalue weighted by Crippen LogP contribution is -2.36. The molecule has 1 aromatic carbocycles. The summed E-state index contributed by atoms with van der Waals surface area (Å²) >= 11 is 0. The highest BCUT2D eigenvalue weighted by Gasteiger charge is 2.22. The van der Waals surface area contributed by atoms with Crippen LogP contribution in [-0.2, 0) is 27.2 Å². The van der Waals surface area contributed by atoms with Crippen LogP contribution in [0.3, 0.4) is 0 Å². The van der Waals surface area contributed by atoms with E-state index in [1.807, 2.05) is 6.07 Å². The minimum absolute atomic E-state index is 0.0497.